The molecule has 3 saturated carbocycles. The van der Waals surface area contributed by atoms with Crippen molar-refractivity contribution in [2.24, 2.45) is 28.9 Å². The van der Waals surface area contributed by atoms with Gasteiger partial charge in [0.25, 0.3) is 0 Å². The largest absolute Gasteiger partial charge is 0.389 e. The van der Waals surface area contributed by atoms with E-state index in [1.54, 1.807) is 0 Å². The molecule has 5 unspecified atom stereocenters. The molecule has 0 saturated heterocycles. The number of nitrogens with two attached hydrogens (primary N) is 1. The van der Waals surface area contributed by atoms with E-state index in [0.717, 1.165) is 18.3 Å². The normalized spacial score (nSPS) is 51.8. The predicted molar refractivity (Wildman–Crippen MR) is 74.1 cm³/mol. The Morgan fingerprint density at radius 2 is 2.06 bits per heavy atom. The van der Waals surface area contributed by atoms with Crippen molar-refractivity contribution in [2.45, 2.75) is 70.3 Å². The summed E-state index contributed by atoms with van der Waals surface area (Å²) in [5.41, 5.74) is 5.82. The highest BCUT2D eigenvalue weighted by Crippen LogP contribution is 2.61. The minimum absolute atomic E-state index is 0.0474. The van der Waals surface area contributed by atoms with Gasteiger partial charge in [-0.05, 0) is 56.3 Å². The summed E-state index contributed by atoms with van der Waals surface area (Å²) in [6.45, 7) is 2.99. The molecule has 3 aliphatic carbocycles. The van der Waals surface area contributed by atoms with Crippen LogP contribution in [0.2, 0.25) is 0 Å². The van der Waals surface area contributed by atoms with Crippen molar-refractivity contribution in [3.05, 3.63) is 0 Å². The Hall–Kier alpha value is -0.0800. The summed E-state index contributed by atoms with van der Waals surface area (Å²) in [5, 5.41) is 11.4. The fourth-order valence-electron chi connectivity index (χ4n) is 5.54. The first kappa shape index (κ1) is 12.9. The van der Waals surface area contributed by atoms with Gasteiger partial charge in [-0.3, -0.25) is 0 Å². The van der Waals surface area contributed by atoms with Gasteiger partial charge in [0, 0.05) is 12.0 Å². The lowest BCUT2D eigenvalue weighted by molar-refractivity contribution is -0.142. The van der Waals surface area contributed by atoms with E-state index in [-0.39, 0.29) is 5.41 Å². The number of fused-ring (bicyclic) bond motifs is 2. The highest BCUT2D eigenvalue weighted by atomic mass is 16.3. The summed E-state index contributed by atoms with van der Waals surface area (Å²) >= 11 is 0. The van der Waals surface area contributed by atoms with Crippen molar-refractivity contribution in [1.29, 1.82) is 0 Å². The van der Waals surface area contributed by atoms with Crippen LogP contribution in [0.5, 0.6) is 0 Å². The van der Waals surface area contributed by atoms with Crippen LogP contribution in [0.4, 0.5) is 0 Å². The van der Waals surface area contributed by atoms with Gasteiger partial charge >= 0.3 is 0 Å². The van der Waals surface area contributed by atoms with Gasteiger partial charge in [0.2, 0.25) is 0 Å². The number of hydrogen-bond acceptors (Lipinski definition) is 2. The van der Waals surface area contributed by atoms with Crippen LogP contribution in [-0.4, -0.2) is 17.3 Å². The summed E-state index contributed by atoms with van der Waals surface area (Å²) < 4.78 is 0. The van der Waals surface area contributed by atoms with E-state index in [9.17, 15) is 5.11 Å². The van der Waals surface area contributed by atoms with E-state index in [1.165, 1.54) is 51.4 Å². The molecule has 0 aliphatic heterocycles. The zero-order valence-electron chi connectivity index (χ0n) is 11.8. The zero-order chi connectivity index (χ0) is 12.8. The van der Waals surface area contributed by atoms with E-state index in [0.29, 0.717) is 12.5 Å². The van der Waals surface area contributed by atoms with Crippen LogP contribution in [0.3, 0.4) is 0 Å². The minimum Gasteiger partial charge on any atom is -0.389 e. The van der Waals surface area contributed by atoms with Crippen molar-refractivity contribution in [3.8, 4) is 0 Å². The molecule has 2 heteroatoms. The molecule has 0 aromatic carbocycles. The average Bonchev–Trinajstić information content (AvgIpc) is 2.99. The molecule has 5 atom stereocenters. The maximum absolute atomic E-state index is 11.4. The summed E-state index contributed by atoms with van der Waals surface area (Å²) in [7, 11) is 0. The SMILES string of the molecule is CCC1CCCC(CN)(C2(O)CC3CCC2C3)C1. The maximum Gasteiger partial charge on any atom is 0.0746 e. The first-order valence-corrected chi connectivity index (χ1v) is 8.06. The van der Waals surface area contributed by atoms with Crippen LogP contribution >= 0.6 is 0 Å². The Morgan fingerprint density at radius 3 is 2.61 bits per heavy atom. The molecule has 0 aromatic heterocycles. The molecular formula is C16H29NO. The lowest BCUT2D eigenvalue weighted by atomic mass is 9.56. The van der Waals surface area contributed by atoms with E-state index in [1.807, 2.05) is 0 Å². The standard InChI is InChI=1S/C16H29NO/c1-2-12-4-3-7-15(9-12,11-17)16(18)10-13-5-6-14(16)8-13/h12-14,18H,2-11,17H2,1H3. The molecule has 3 fully saturated rings. The molecule has 0 aromatic rings. The van der Waals surface area contributed by atoms with Crippen LogP contribution in [0.15, 0.2) is 0 Å². The van der Waals surface area contributed by atoms with Crippen LogP contribution in [0.25, 0.3) is 0 Å². The minimum atomic E-state index is -0.418. The van der Waals surface area contributed by atoms with Crippen molar-refractivity contribution >= 4 is 0 Å². The van der Waals surface area contributed by atoms with Crippen LogP contribution in [0, 0.1) is 23.2 Å². The lowest BCUT2D eigenvalue weighted by Crippen LogP contribution is -2.57. The first-order chi connectivity index (χ1) is 8.63. The zero-order valence-corrected chi connectivity index (χ0v) is 11.8. The van der Waals surface area contributed by atoms with E-state index >= 15 is 0 Å². The number of rotatable bonds is 3. The maximum atomic E-state index is 11.4. The Kier molecular flexibility index (Phi) is 3.22. The van der Waals surface area contributed by atoms with Crippen molar-refractivity contribution in [1.82, 2.24) is 0 Å². The number of hydrogen-bond donors (Lipinski definition) is 2. The van der Waals surface area contributed by atoms with Gasteiger partial charge in [0.05, 0.1) is 5.60 Å². The summed E-state index contributed by atoms with van der Waals surface area (Å²) in [4.78, 5) is 0. The van der Waals surface area contributed by atoms with Gasteiger partial charge in [-0.2, -0.15) is 0 Å². The van der Waals surface area contributed by atoms with Gasteiger partial charge in [-0.1, -0.05) is 26.2 Å². The summed E-state index contributed by atoms with van der Waals surface area (Å²) in [5.74, 6) is 2.15. The third-order valence-corrected chi connectivity index (χ3v) is 6.65. The molecule has 18 heavy (non-hydrogen) atoms. The monoisotopic (exact) mass is 251 g/mol. The second-order valence-corrected chi connectivity index (χ2v) is 7.36. The Balaban J connectivity index is 1.86. The fraction of sp³-hybridized carbons (Fsp3) is 1.00. The topological polar surface area (TPSA) is 46.2 Å². The Morgan fingerprint density at radius 1 is 1.22 bits per heavy atom. The van der Waals surface area contributed by atoms with E-state index < -0.39 is 5.60 Å². The van der Waals surface area contributed by atoms with Gasteiger partial charge in [0.1, 0.15) is 0 Å². The van der Waals surface area contributed by atoms with Crippen molar-refractivity contribution in [3.63, 3.8) is 0 Å². The van der Waals surface area contributed by atoms with Crippen molar-refractivity contribution < 1.29 is 5.11 Å². The fourth-order valence-corrected chi connectivity index (χ4v) is 5.54. The van der Waals surface area contributed by atoms with Gasteiger partial charge in [-0.15, -0.1) is 0 Å². The molecule has 2 nitrogen and oxygen atoms in total. The molecule has 0 spiro atoms. The van der Waals surface area contributed by atoms with Crippen LogP contribution < -0.4 is 5.73 Å². The molecule has 3 aliphatic rings. The van der Waals surface area contributed by atoms with E-state index in [2.05, 4.69) is 6.92 Å². The Bertz CT molecular complexity index is 318. The molecule has 3 N–H and O–H groups in total. The molecular weight excluding hydrogens is 222 g/mol. The van der Waals surface area contributed by atoms with Gasteiger partial charge < -0.3 is 10.8 Å². The second kappa shape index (κ2) is 4.49. The average molecular weight is 251 g/mol. The molecule has 0 heterocycles. The predicted octanol–water partition coefficient (Wildman–Crippen LogP) is 3.08. The number of aliphatic hydroxyl groups is 1. The Labute approximate surface area is 111 Å². The van der Waals surface area contributed by atoms with Crippen molar-refractivity contribution in [2.75, 3.05) is 6.54 Å². The smallest absolute Gasteiger partial charge is 0.0746 e. The highest BCUT2D eigenvalue weighted by Gasteiger charge is 2.60. The molecule has 0 amide bonds. The summed E-state index contributed by atoms with van der Waals surface area (Å²) in [6, 6.07) is 0. The van der Waals surface area contributed by atoms with Crippen LogP contribution in [-0.2, 0) is 0 Å². The quantitative estimate of drug-likeness (QED) is 0.809. The molecule has 0 radical (unpaired) electrons. The molecule has 104 valence electrons. The third kappa shape index (κ3) is 1.68. The van der Waals surface area contributed by atoms with Gasteiger partial charge in [0.15, 0.2) is 0 Å². The highest BCUT2D eigenvalue weighted by molar-refractivity contribution is 5.12. The van der Waals surface area contributed by atoms with Crippen LogP contribution in [0.1, 0.15) is 64.7 Å². The van der Waals surface area contributed by atoms with Gasteiger partial charge in [-0.25, -0.2) is 0 Å². The molecule has 2 bridgehead atoms. The summed E-state index contributed by atoms with van der Waals surface area (Å²) in [6.07, 6.45) is 11.1. The third-order valence-electron chi connectivity index (χ3n) is 6.65. The lowest BCUT2D eigenvalue weighted by Gasteiger charge is -2.53. The molecule has 3 rings (SSSR count). The van der Waals surface area contributed by atoms with E-state index in [4.69, 9.17) is 5.73 Å². The first-order valence-electron chi connectivity index (χ1n) is 8.06. The second-order valence-electron chi connectivity index (χ2n) is 7.36.